The molecule has 0 aliphatic heterocycles. The van der Waals surface area contributed by atoms with Crippen molar-refractivity contribution in [2.45, 2.75) is 17.1 Å². The van der Waals surface area contributed by atoms with Crippen molar-refractivity contribution in [3.8, 4) is 22.7 Å². The number of benzene rings is 4. The quantitative estimate of drug-likeness (QED) is 0.274. The summed E-state index contributed by atoms with van der Waals surface area (Å²) in [6.45, 7) is 1.97. The number of aromatic nitrogens is 1. The highest BCUT2D eigenvalue weighted by Gasteiger charge is 2.37. The summed E-state index contributed by atoms with van der Waals surface area (Å²) in [6, 6.07) is 35.1. The fraction of sp³-hybridized carbons (Fsp3) is 0.0690. The fourth-order valence-electron chi connectivity index (χ4n) is 3.98. The van der Waals surface area contributed by atoms with Crippen LogP contribution in [0.3, 0.4) is 0 Å². The topological polar surface area (TPSA) is 60.2 Å². The van der Waals surface area contributed by atoms with E-state index in [1.165, 1.54) is 0 Å². The lowest BCUT2D eigenvalue weighted by molar-refractivity contribution is 0.513. The van der Waals surface area contributed by atoms with E-state index in [1.807, 2.05) is 91.9 Å². The Balaban J connectivity index is 1.79. The first kappa shape index (κ1) is 21.9. The Morgan fingerprint density at radius 3 is 1.79 bits per heavy atom. The van der Waals surface area contributed by atoms with Crippen LogP contribution in [0, 0.1) is 6.92 Å². The number of aryl methyl sites for hydroxylation is 1. The number of nitrogens with zero attached hydrogens (tertiary/aromatic N) is 1. The maximum atomic E-state index is 14.1. The predicted molar refractivity (Wildman–Crippen MR) is 134 cm³/mol. The zero-order valence-corrected chi connectivity index (χ0v) is 19.4. The lowest BCUT2D eigenvalue weighted by Gasteiger charge is -2.18. The summed E-state index contributed by atoms with van der Waals surface area (Å²) in [5.41, 5.74) is 3.77. The molecule has 0 saturated carbocycles. The van der Waals surface area contributed by atoms with Gasteiger partial charge in [-0.3, -0.25) is 0 Å². The van der Waals surface area contributed by atoms with Gasteiger partial charge in [0, 0.05) is 11.1 Å². The molecule has 0 aliphatic carbocycles. The van der Waals surface area contributed by atoms with E-state index in [0.29, 0.717) is 22.9 Å². The van der Waals surface area contributed by atoms with Crippen LogP contribution in [0.25, 0.3) is 22.7 Å². The molecule has 1 atom stereocenters. The molecule has 1 unspecified atom stereocenters. The molecule has 34 heavy (non-hydrogen) atoms. The first-order valence-electron chi connectivity index (χ1n) is 11.0. The van der Waals surface area contributed by atoms with Crippen molar-refractivity contribution in [3.63, 3.8) is 0 Å². The van der Waals surface area contributed by atoms with Gasteiger partial charge in [-0.25, -0.2) is 13.4 Å². The van der Waals surface area contributed by atoms with Gasteiger partial charge in [-0.15, -0.1) is 0 Å². The Morgan fingerprint density at radius 2 is 1.21 bits per heavy atom. The molecule has 0 N–H and O–H groups in total. The number of sulfone groups is 1. The van der Waals surface area contributed by atoms with Crippen LogP contribution in [0.1, 0.15) is 22.1 Å². The van der Waals surface area contributed by atoms with Gasteiger partial charge in [0.15, 0.2) is 20.8 Å². The maximum absolute atomic E-state index is 14.1. The second-order valence-electron chi connectivity index (χ2n) is 8.11. The second-order valence-corrected chi connectivity index (χ2v) is 10.1. The lowest BCUT2D eigenvalue weighted by atomic mass is 10.0. The van der Waals surface area contributed by atoms with Crippen LogP contribution in [0.4, 0.5) is 0 Å². The van der Waals surface area contributed by atoms with E-state index in [2.05, 4.69) is 0 Å². The smallest absolute Gasteiger partial charge is 0.226 e. The van der Waals surface area contributed by atoms with Gasteiger partial charge >= 0.3 is 0 Å². The molecule has 4 aromatic carbocycles. The van der Waals surface area contributed by atoms with Crippen LogP contribution >= 0.6 is 0 Å². The van der Waals surface area contributed by atoms with Crippen molar-refractivity contribution >= 4 is 9.84 Å². The van der Waals surface area contributed by atoms with Crippen LogP contribution in [0.2, 0.25) is 0 Å². The molecule has 0 bridgehead atoms. The first-order chi connectivity index (χ1) is 16.5. The van der Waals surface area contributed by atoms with Crippen LogP contribution in [0.15, 0.2) is 125 Å². The minimum Gasteiger partial charge on any atom is -0.439 e. The van der Waals surface area contributed by atoms with Crippen molar-refractivity contribution in [2.75, 3.05) is 0 Å². The lowest BCUT2D eigenvalue weighted by Crippen LogP contribution is -2.15. The number of oxazole rings is 1. The van der Waals surface area contributed by atoms with E-state index in [-0.39, 0.29) is 4.90 Å². The Labute approximate surface area is 199 Å². The summed E-state index contributed by atoms with van der Waals surface area (Å²) in [6.07, 6.45) is 0. The number of hydrogen-bond donors (Lipinski definition) is 0. The van der Waals surface area contributed by atoms with E-state index in [1.54, 1.807) is 30.3 Å². The van der Waals surface area contributed by atoms with Crippen LogP contribution < -0.4 is 0 Å². The third-order valence-electron chi connectivity index (χ3n) is 5.72. The Kier molecular flexibility index (Phi) is 5.86. The van der Waals surface area contributed by atoms with E-state index in [0.717, 1.165) is 16.7 Å². The molecular formula is C29H23NO3S. The molecule has 0 radical (unpaired) electrons. The minimum absolute atomic E-state index is 0.234. The molecule has 4 nitrogen and oxygen atoms in total. The highest BCUT2D eigenvalue weighted by molar-refractivity contribution is 7.91. The summed E-state index contributed by atoms with van der Waals surface area (Å²) in [7, 11) is -3.85. The van der Waals surface area contributed by atoms with E-state index < -0.39 is 15.1 Å². The van der Waals surface area contributed by atoms with Gasteiger partial charge in [0.2, 0.25) is 5.89 Å². The molecule has 0 aliphatic rings. The van der Waals surface area contributed by atoms with Crippen LogP contribution in [-0.4, -0.2) is 13.4 Å². The predicted octanol–water partition coefficient (Wildman–Crippen LogP) is 6.88. The standard InChI is InChI=1S/C29H23NO3S/c1-21-17-19-23(20-18-21)28(34(31,32)25-15-9-4-10-16-25)27-26(22-11-5-2-6-12-22)30-29(33-27)24-13-7-3-8-14-24/h2-20,28H,1H3. The summed E-state index contributed by atoms with van der Waals surface area (Å²) in [4.78, 5) is 5.02. The van der Waals surface area contributed by atoms with E-state index in [9.17, 15) is 8.42 Å². The van der Waals surface area contributed by atoms with Crippen molar-refractivity contribution in [1.82, 2.24) is 4.98 Å². The zero-order chi connectivity index (χ0) is 23.5. The number of rotatable bonds is 6. The molecule has 0 amide bonds. The SMILES string of the molecule is Cc1ccc(C(c2oc(-c3ccccc3)nc2-c2ccccc2)S(=O)(=O)c2ccccc2)cc1. The van der Waals surface area contributed by atoms with Crippen molar-refractivity contribution < 1.29 is 12.8 Å². The van der Waals surface area contributed by atoms with Crippen molar-refractivity contribution in [3.05, 3.63) is 132 Å². The molecule has 5 heteroatoms. The average molecular weight is 466 g/mol. The summed E-state index contributed by atoms with van der Waals surface area (Å²) >= 11 is 0. The van der Waals surface area contributed by atoms with Gasteiger partial charge in [0.1, 0.15) is 5.69 Å². The molecule has 0 spiro atoms. The summed E-state index contributed by atoms with van der Waals surface area (Å²) in [5, 5.41) is -1.06. The largest absolute Gasteiger partial charge is 0.439 e. The Bertz CT molecular complexity index is 1490. The zero-order valence-electron chi connectivity index (χ0n) is 18.6. The van der Waals surface area contributed by atoms with Gasteiger partial charge in [0.05, 0.1) is 4.90 Å². The second kappa shape index (κ2) is 9.12. The van der Waals surface area contributed by atoms with Gasteiger partial charge in [-0.1, -0.05) is 96.6 Å². The molecule has 1 aromatic heterocycles. The summed E-state index contributed by atoms with van der Waals surface area (Å²) < 4.78 is 34.4. The summed E-state index contributed by atoms with van der Waals surface area (Å²) in [5.74, 6) is 0.688. The molecule has 168 valence electrons. The maximum Gasteiger partial charge on any atom is 0.226 e. The highest BCUT2D eigenvalue weighted by atomic mass is 32.2. The average Bonchev–Trinajstić information content (AvgIpc) is 3.32. The molecule has 0 fully saturated rings. The molecule has 5 rings (SSSR count). The molecule has 1 heterocycles. The van der Waals surface area contributed by atoms with Crippen LogP contribution in [-0.2, 0) is 9.84 Å². The first-order valence-corrected chi connectivity index (χ1v) is 12.6. The van der Waals surface area contributed by atoms with E-state index in [4.69, 9.17) is 9.40 Å². The fourth-order valence-corrected chi connectivity index (χ4v) is 5.74. The van der Waals surface area contributed by atoms with Crippen molar-refractivity contribution in [2.24, 2.45) is 0 Å². The highest BCUT2D eigenvalue weighted by Crippen LogP contribution is 2.42. The van der Waals surface area contributed by atoms with E-state index >= 15 is 0 Å². The monoisotopic (exact) mass is 465 g/mol. The molecular weight excluding hydrogens is 442 g/mol. The van der Waals surface area contributed by atoms with Gasteiger partial charge in [-0.05, 0) is 36.8 Å². The third-order valence-corrected chi connectivity index (χ3v) is 7.76. The van der Waals surface area contributed by atoms with Gasteiger partial charge in [-0.2, -0.15) is 0 Å². The van der Waals surface area contributed by atoms with Gasteiger partial charge in [0.25, 0.3) is 0 Å². The minimum atomic E-state index is -3.85. The molecule has 0 saturated heterocycles. The normalized spacial score (nSPS) is 12.4. The Hall–Kier alpha value is -3.96. The number of hydrogen-bond acceptors (Lipinski definition) is 4. The molecule has 5 aromatic rings. The third kappa shape index (κ3) is 4.18. The van der Waals surface area contributed by atoms with Gasteiger partial charge < -0.3 is 4.42 Å². The van der Waals surface area contributed by atoms with Crippen LogP contribution in [0.5, 0.6) is 0 Å². The Morgan fingerprint density at radius 1 is 0.676 bits per heavy atom. The van der Waals surface area contributed by atoms with Crippen molar-refractivity contribution in [1.29, 1.82) is 0 Å².